The number of likely N-dealkylation sites (N-methyl/N-ethyl adjacent to an activating group) is 1. The molecule has 0 saturated heterocycles. The molecule has 2 aliphatic carbocycles. The number of hydrogen-bond acceptors (Lipinski definition) is 3. The standard InChI is InChI=1S/C17H33N3O/c1-13-6-5-9-17(10-13,20(2)3)12-19-16(21)15-8-4-7-14(15)11-18/h13-15H,4-12,18H2,1-3H3,(H,19,21)/t13?,14-,15-,17?/m1/s1. The molecule has 0 aliphatic heterocycles. The topological polar surface area (TPSA) is 58.4 Å². The van der Waals surface area contributed by atoms with E-state index in [1.54, 1.807) is 0 Å². The quantitative estimate of drug-likeness (QED) is 0.815. The van der Waals surface area contributed by atoms with Gasteiger partial charge in [-0.3, -0.25) is 4.79 Å². The SMILES string of the molecule is CC1CCCC(CNC(=O)[C@@H]2CCC[C@@H]2CN)(N(C)C)C1. The molecule has 21 heavy (non-hydrogen) atoms. The van der Waals surface area contributed by atoms with Crippen LogP contribution in [0.3, 0.4) is 0 Å². The average molecular weight is 295 g/mol. The van der Waals surface area contributed by atoms with Crippen LogP contribution in [0.1, 0.15) is 51.9 Å². The summed E-state index contributed by atoms with van der Waals surface area (Å²) in [4.78, 5) is 14.8. The molecule has 2 unspecified atom stereocenters. The molecule has 2 saturated carbocycles. The first kappa shape index (κ1) is 16.8. The Hall–Kier alpha value is -0.610. The highest BCUT2D eigenvalue weighted by Gasteiger charge is 2.38. The molecular formula is C17H33N3O. The second kappa shape index (κ2) is 7.10. The first-order chi connectivity index (χ1) is 9.98. The van der Waals surface area contributed by atoms with E-state index in [1.165, 1.54) is 25.7 Å². The fraction of sp³-hybridized carbons (Fsp3) is 0.941. The number of carbonyl (C=O) groups is 1. The van der Waals surface area contributed by atoms with Crippen LogP contribution in [0, 0.1) is 17.8 Å². The van der Waals surface area contributed by atoms with E-state index in [4.69, 9.17) is 5.73 Å². The van der Waals surface area contributed by atoms with Crippen molar-refractivity contribution in [2.45, 2.75) is 57.4 Å². The summed E-state index contributed by atoms with van der Waals surface area (Å²) >= 11 is 0. The Morgan fingerprint density at radius 2 is 2.05 bits per heavy atom. The van der Waals surface area contributed by atoms with Gasteiger partial charge in [-0.25, -0.2) is 0 Å². The van der Waals surface area contributed by atoms with Crippen molar-refractivity contribution in [2.24, 2.45) is 23.5 Å². The van der Waals surface area contributed by atoms with Crippen molar-refractivity contribution in [3.63, 3.8) is 0 Å². The lowest BCUT2D eigenvalue weighted by Crippen LogP contribution is -2.55. The van der Waals surface area contributed by atoms with Crippen molar-refractivity contribution < 1.29 is 4.79 Å². The molecule has 2 aliphatic rings. The molecule has 4 nitrogen and oxygen atoms in total. The first-order valence-corrected chi connectivity index (χ1v) is 8.64. The molecule has 1 amide bonds. The molecule has 2 fully saturated rings. The molecule has 0 aromatic heterocycles. The summed E-state index contributed by atoms with van der Waals surface area (Å²) in [7, 11) is 4.31. The summed E-state index contributed by atoms with van der Waals surface area (Å²) in [5.74, 6) is 1.53. The molecule has 3 N–H and O–H groups in total. The van der Waals surface area contributed by atoms with Crippen LogP contribution in [0.5, 0.6) is 0 Å². The van der Waals surface area contributed by atoms with Gasteiger partial charge in [0.05, 0.1) is 0 Å². The third kappa shape index (κ3) is 3.78. The molecule has 0 heterocycles. The summed E-state index contributed by atoms with van der Waals surface area (Å²) in [6.07, 6.45) is 8.24. The van der Waals surface area contributed by atoms with Crippen LogP contribution in [-0.4, -0.2) is 43.5 Å². The highest BCUT2D eigenvalue weighted by Crippen LogP contribution is 2.36. The zero-order valence-corrected chi connectivity index (χ0v) is 14.0. The lowest BCUT2D eigenvalue weighted by Gasteiger charge is -2.45. The fourth-order valence-electron chi connectivity index (χ4n) is 4.40. The number of nitrogens with one attached hydrogen (secondary N) is 1. The van der Waals surface area contributed by atoms with E-state index in [1.807, 2.05) is 0 Å². The monoisotopic (exact) mass is 295 g/mol. The normalized spacial score (nSPS) is 36.9. The Balaban J connectivity index is 1.94. The lowest BCUT2D eigenvalue weighted by molar-refractivity contribution is -0.126. The van der Waals surface area contributed by atoms with Gasteiger partial charge in [0.15, 0.2) is 0 Å². The van der Waals surface area contributed by atoms with Gasteiger partial charge in [-0.2, -0.15) is 0 Å². The minimum absolute atomic E-state index is 0.143. The predicted molar refractivity (Wildman–Crippen MR) is 86.9 cm³/mol. The second-order valence-corrected chi connectivity index (χ2v) is 7.57. The van der Waals surface area contributed by atoms with E-state index in [0.29, 0.717) is 12.5 Å². The number of rotatable bonds is 5. The third-order valence-electron chi connectivity index (χ3n) is 5.91. The van der Waals surface area contributed by atoms with Crippen molar-refractivity contribution >= 4 is 5.91 Å². The van der Waals surface area contributed by atoms with Gasteiger partial charge >= 0.3 is 0 Å². The van der Waals surface area contributed by atoms with Gasteiger partial charge in [0.1, 0.15) is 0 Å². The van der Waals surface area contributed by atoms with Crippen molar-refractivity contribution in [1.29, 1.82) is 0 Å². The van der Waals surface area contributed by atoms with Gasteiger partial charge in [-0.05, 0) is 58.2 Å². The Morgan fingerprint density at radius 1 is 1.29 bits per heavy atom. The molecule has 4 heteroatoms. The smallest absolute Gasteiger partial charge is 0.223 e. The number of amides is 1. The number of hydrogen-bond donors (Lipinski definition) is 2. The number of nitrogens with two attached hydrogens (primary N) is 1. The van der Waals surface area contributed by atoms with E-state index < -0.39 is 0 Å². The highest BCUT2D eigenvalue weighted by molar-refractivity contribution is 5.79. The summed E-state index contributed by atoms with van der Waals surface area (Å²) < 4.78 is 0. The van der Waals surface area contributed by atoms with Gasteiger partial charge in [0.25, 0.3) is 0 Å². The Bertz CT molecular complexity index is 358. The van der Waals surface area contributed by atoms with E-state index >= 15 is 0 Å². The van der Waals surface area contributed by atoms with Crippen LogP contribution in [0.4, 0.5) is 0 Å². The third-order valence-corrected chi connectivity index (χ3v) is 5.91. The molecule has 0 radical (unpaired) electrons. The molecule has 4 atom stereocenters. The Labute approximate surface area is 129 Å². The van der Waals surface area contributed by atoms with E-state index in [-0.39, 0.29) is 17.4 Å². The summed E-state index contributed by atoms with van der Waals surface area (Å²) in [5.41, 5.74) is 5.95. The van der Waals surface area contributed by atoms with Gasteiger partial charge in [0, 0.05) is 18.0 Å². The Morgan fingerprint density at radius 3 is 2.67 bits per heavy atom. The van der Waals surface area contributed by atoms with Crippen molar-refractivity contribution in [3.05, 3.63) is 0 Å². The van der Waals surface area contributed by atoms with E-state index in [9.17, 15) is 4.79 Å². The van der Waals surface area contributed by atoms with E-state index in [0.717, 1.165) is 31.7 Å². The fourth-order valence-corrected chi connectivity index (χ4v) is 4.40. The minimum Gasteiger partial charge on any atom is -0.354 e. The number of nitrogens with zero attached hydrogens (tertiary/aromatic N) is 1. The number of carbonyl (C=O) groups excluding carboxylic acids is 1. The zero-order valence-electron chi connectivity index (χ0n) is 14.0. The first-order valence-electron chi connectivity index (χ1n) is 8.64. The largest absolute Gasteiger partial charge is 0.354 e. The van der Waals surface area contributed by atoms with Crippen LogP contribution in [0.25, 0.3) is 0 Å². The average Bonchev–Trinajstić information content (AvgIpc) is 2.93. The molecule has 0 aromatic rings. The zero-order chi connectivity index (χ0) is 15.5. The van der Waals surface area contributed by atoms with Crippen LogP contribution in [0.15, 0.2) is 0 Å². The lowest BCUT2D eigenvalue weighted by atomic mass is 9.75. The Kier molecular flexibility index (Phi) is 5.67. The van der Waals surface area contributed by atoms with Crippen LogP contribution in [0.2, 0.25) is 0 Å². The molecule has 122 valence electrons. The molecule has 0 aromatic carbocycles. The summed E-state index contributed by atoms with van der Waals surface area (Å²) in [6.45, 7) is 3.77. The van der Waals surface area contributed by atoms with Gasteiger partial charge in [-0.15, -0.1) is 0 Å². The maximum atomic E-state index is 12.5. The summed E-state index contributed by atoms with van der Waals surface area (Å²) in [5, 5.41) is 3.27. The van der Waals surface area contributed by atoms with Crippen molar-refractivity contribution in [2.75, 3.05) is 27.2 Å². The summed E-state index contributed by atoms with van der Waals surface area (Å²) in [6, 6.07) is 0. The highest BCUT2D eigenvalue weighted by atomic mass is 16.1. The predicted octanol–water partition coefficient (Wildman–Crippen LogP) is 1.99. The van der Waals surface area contributed by atoms with Crippen molar-refractivity contribution in [1.82, 2.24) is 10.2 Å². The van der Waals surface area contributed by atoms with Crippen LogP contribution in [-0.2, 0) is 4.79 Å². The van der Waals surface area contributed by atoms with E-state index in [2.05, 4.69) is 31.2 Å². The maximum Gasteiger partial charge on any atom is 0.223 e. The maximum absolute atomic E-state index is 12.5. The van der Waals surface area contributed by atoms with Gasteiger partial charge in [-0.1, -0.05) is 26.2 Å². The second-order valence-electron chi connectivity index (χ2n) is 7.57. The van der Waals surface area contributed by atoms with Crippen molar-refractivity contribution in [3.8, 4) is 0 Å². The van der Waals surface area contributed by atoms with Crippen LogP contribution < -0.4 is 11.1 Å². The van der Waals surface area contributed by atoms with Gasteiger partial charge in [0.2, 0.25) is 5.91 Å². The molecular weight excluding hydrogens is 262 g/mol. The molecule has 0 spiro atoms. The molecule has 0 bridgehead atoms. The molecule has 2 rings (SSSR count). The minimum atomic E-state index is 0.143. The van der Waals surface area contributed by atoms with Crippen LogP contribution >= 0.6 is 0 Å². The van der Waals surface area contributed by atoms with Gasteiger partial charge < -0.3 is 16.0 Å².